The molecule has 134 valence electrons. The molecule has 0 aromatic carbocycles. The Hall–Kier alpha value is -1.59. The highest BCUT2D eigenvalue weighted by Crippen LogP contribution is 2.58. The minimum Gasteiger partial charge on any atom is -0.369 e. The summed E-state index contributed by atoms with van der Waals surface area (Å²) in [7, 11) is -10.3. The van der Waals surface area contributed by atoms with E-state index in [1.807, 2.05) is 0 Å². The molecule has 1 aliphatic heterocycles. The van der Waals surface area contributed by atoms with Crippen molar-refractivity contribution in [2.24, 2.45) is 4.99 Å². The van der Waals surface area contributed by atoms with Crippen molar-refractivity contribution in [2.45, 2.75) is 26.0 Å². The number of aliphatic imine (C=N–C) groups is 1. The van der Waals surface area contributed by atoms with Gasteiger partial charge in [0.1, 0.15) is 6.10 Å². The van der Waals surface area contributed by atoms with Crippen LogP contribution in [0.3, 0.4) is 0 Å². The van der Waals surface area contributed by atoms with E-state index in [2.05, 4.69) is 29.1 Å². The zero-order valence-corrected chi connectivity index (χ0v) is 14.2. The molecule has 0 spiro atoms. The Morgan fingerprint density at radius 2 is 1.96 bits per heavy atom. The number of nitrogen functional groups attached to an aromatic ring is 1. The lowest BCUT2D eigenvalue weighted by atomic mass is 10.1. The molecule has 13 nitrogen and oxygen atoms in total. The molecule has 0 bridgehead atoms. The van der Waals surface area contributed by atoms with Gasteiger partial charge < -0.3 is 25.7 Å². The molecule has 1 aromatic rings. The molecule has 3 atom stereocenters. The summed E-state index contributed by atoms with van der Waals surface area (Å²) in [5.41, 5.74) is 4.79. The number of nitrogens with one attached hydrogen (secondary N) is 2. The fourth-order valence-corrected chi connectivity index (χ4v) is 3.78. The second-order valence-electron chi connectivity index (χ2n) is 4.84. The van der Waals surface area contributed by atoms with E-state index in [1.165, 1.54) is 6.92 Å². The fourth-order valence-electron chi connectivity index (χ4n) is 2.04. The molecule has 2 rings (SSSR count). The molecule has 0 fully saturated rings. The Morgan fingerprint density at radius 1 is 1.33 bits per heavy atom. The van der Waals surface area contributed by atoms with Gasteiger partial charge in [-0.15, -0.1) is 0 Å². The average molecular weight is 383 g/mol. The summed E-state index contributed by atoms with van der Waals surface area (Å²) in [6.07, 6.45) is -1.21. The van der Waals surface area contributed by atoms with Crippen LogP contribution in [0.2, 0.25) is 0 Å². The maximum Gasteiger partial charge on any atom is 0.481 e. The van der Waals surface area contributed by atoms with Crippen molar-refractivity contribution in [3.63, 3.8) is 0 Å². The van der Waals surface area contributed by atoms with E-state index < -0.39 is 33.4 Å². The molecular weight excluding hydrogens is 368 g/mol. The van der Waals surface area contributed by atoms with Crippen LogP contribution >= 0.6 is 15.6 Å². The van der Waals surface area contributed by atoms with Gasteiger partial charge in [-0.3, -0.25) is 14.3 Å². The minimum atomic E-state index is -5.24. The van der Waals surface area contributed by atoms with Crippen molar-refractivity contribution in [2.75, 3.05) is 11.1 Å². The van der Waals surface area contributed by atoms with Crippen molar-refractivity contribution >= 4 is 38.8 Å². The highest BCUT2D eigenvalue weighted by molar-refractivity contribution is 7.60. The summed E-state index contributed by atoms with van der Waals surface area (Å²) in [4.78, 5) is 48.5. The summed E-state index contributed by atoms with van der Waals surface area (Å²) in [6.45, 7) is 2.90. The molecule has 7 N–H and O–H groups in total. The minimum absolute atomic E-state index is 0.114. The largest absolute Gasteiger partial charge is 0.481 e. The third kappa shape index (κ3) is 4.48. The third-order valence-electron chi connectivity index (χ3n) is 2.87. The summed E-state index contributed by atoms with van der Waals surface area (Å²) < 4.78 is 30.6. The molecule has 0 amide bonds. The number of fused-ring (bicyclic) bond motifs is 1. The van der Waals surface area contributed by atoms with Gasteiger partial charge in [0, 0.05) is 0 Å². The van der Waals surface area contributed by atoms with Gasteiger partial charge in [-0.2, -0.15) is 9.29 Å². The lowest BCUT2D eigenvalue weighted by Crippen LogP contribution is -2.38. The van der Waals surface area contributed by atoms with E-state index in [-0.39, 0.29) is 23.2 Å². The molecular formula is C9H15N5O8P2. The molecule has 2 heterocycles. The first kappa shape index (κ1) is 18.7. The van der Waals surface area contributed by atoms with Gasteiger partial charge in [0.05, 0.1) is 11.8 Å². The zero-order chi connectivity index (χ0) is 18.3. The van der Waals surface area contributed by atoms with Crippen LogP contribution in [0.25, 0.3) is 0 Å². The standard InChI is InChI=1S/C9H15N5O8P2/c1-3-5(4(2)21-24(19,20)22-23(16,17)18)12-6-7(11-3)13-9(10)14-8(6)15/h3-4H,1-2H3,(H,19,20)(H2,16,17,18)(H4,10,11,13,14,15)/t3-,4+/m0/s1. The van der Waals surface area contributed by atoms with Crippen LogP contribution < -0.4 is 16.6 Å². The Morgan fingerprint density at radius 3 is 2.54 bits per heavy atom. The van der Waals surface area contributed by atoms with Gasteiger partial charge in [0.2, 0.25) is 5.95 Å². The second-order valence-corrected chi connectivity index (χ2v) is 7.62. The molecule has 1 unspecified atom stereocenters. The Kier molecular flexibility index (Phi) is 4.98. The van der Waals surface area contributed by atoms with Crippen LogP contribution in [0.5, 0.6) is 0 Å². The van der Waals surface area contributed by atoms with Gasteiger partial charge in [-0.05, 0) is 13.8 Å². The first-order valence-electron chi connectivity index (χ1n) is 6.41. The highest BCUT2D eigenvalue weighted by Gasteiger charge is 2.37. The quantitative estimate of drug-likeness (QED) is 0.368. The van der Waals surface area contributed by atoms with E-state index in [1.54, 1.807) is 6.92 Å². The van der Waals surface area contributed by atoms with Crippen LogP contribution in [0, 0.1) is 0 Å². The molecule has 15 heteroatoms. The van der Waals surface area contributed by atoms with Crippen LogP contribution in [0.1, 0.15) is 13.8 Å². The van der Waals surface area contributed by atoms with Crippen molar-refractivity contribution in [3.05, 3.63) is 10.4 Å². The topological polar surface area (TPSA) is 209 Å². The SMILES string of the molecule is C[C@@H]1Nc2nc(N)[nH]c(=O)c2N=C1[C@@H](C)OP(=O)(O)OP(=O)(O)O. The third-order valence-corrected chi connectivity index (χ3v) is 5.13. The fraction of sp³-hybridized carbons (Fsp3) is 0.444. The number of aromatic amines is 1. The van der Waals surface area contributed by atoms with Gasteiger partial charge in [0.25, 0.3) is 5.56 Å². The van der Waals surface area contributed by atoms with Crippen LogP contribution in [-0.2, 0) is 18.0 Å². The van der Waals surface area contributed by atoms with E-state index in [4.69, 9.17) is 15.5 Å². The average Bonchev–Trinajstić information content (AvgIpc) is 2.33. The Bertz CT molecular complexity index is 832. The molecule has 0 saturated heterocycles. The van der Waals surface area contributed by atoms with Crippen molar-refractivity contribution in [3.8, 4) is 0 Å². The molecule has 0 radical (unpaired) electrons. The molecule has 1 aliphatic rings. The van der Waals surface area contributed by atoms with Crippen LogP contribution in [0.15, 0.2) is 9.79 Å². The predicted octanol–water partition coefficient (Wildman–Crippen LogP) is -0.147. The van der Waals surface area contributed by atoms with E-state index >= 15 is 0 Å². The van der Waals surface area contributed by atoms with Crippen LogP contribution in [0.4, 0.5) is 17.5 Å². The number of H-pyrrole nitrogens is 1. The lowest BCUT2D eigenvalue weighted by Gasteiger charge is -2.27. The summed E-state index contributed by atoms with van der Waals surface area (Å²) in [5, 5.41) is 2.82. The number of nitrogens with two attached hydrogens (primary N) is 1. The number of phosphoric acid groups is 2. The Balaban J connectivity index is 2.31. The Labute approximate surface area is 134 Å². The number of anilines is 2. The number of hydrogen-bond donors (Lipinski definition) is 6. The van der Waals surface area contributed by atoms with Crippen molar-refractivity contribution in [1.29, 1.82) is 0 Å². The van der Waals surface area contributed by atoms with E-state index in [0.29, 0.717) is 0 Å². The highest BCUT2D eigenvalue weighted by atomic mass is 31.3. The predicted molar refractivity (Wildman–Crippen MR) is 83.0 cm³/mol. The van der Waals surface area contributed by atoms with Gasteiger partial charge >= 0.3 is 15.6 Å². The first-order chi connectivity index (χ1) is 10.9. The number of nitrogens with zero attached hydrogens (tertiary/aromatic N) is 2. The second kappa shape index (κ2) is 6.37. The molecule has 0 aliphatic carbocycles. The zero-order valence-electron chi connectivity index (χ0n) is 12.4. The summed E-state index contributed by atoms with van der Waals surface area (Å²) in [6, 6.07) is -0.573. The first-order valence-corrected chi connectivity index (χ1v) is 9.43. The van der Waals surface area contributed by atoms with E-state index in [0.717, 1.165) is 0 Å². The maximum absolute atomic E-state index is 11.8. The molecule has 24 heavy (non-hydrogen) atoms. The van der Waals surface area contributed by atoms with E-state index in [9.17, 15) is 18.8 Å². The smallest absolute Gasteiger partial charge is 0.369 e. The molecule has 0 saturated carbocycles. The monoisotopic (exact) mass is 383 g/mol. The van der Waals surface area contributed by atoms with Gasteiger partial charge in [0.15, 0.2) is 11.5 Å². The maximum atomic E-state index is 11.8. The summed E-state index contributed by atoms with van der Waals surface area (Å²) in [5.74, 6) is 0.00894. The van der Waals surface area contributed by atoms with Crippen LogP contribution in [-0.4, -0.2) is 42.5 Å². The summed E-state index contributed by atoms with van der Waals surface area (Å²) >= 11 is 0. The lowest BCUT2D eigenvalue weighted by molar-refractivity contribution is 0.165. The number of aromatic nitrogens is 2. The van der Waals surface area contributed by atoms with Gasteiger partial charge in [-0.25, -0.2) is 14.1 Å². The number of hydrogen-bond acceptors (Lipinski definition) is 9. The van der Waals surface area contributed by atoms with Crippen molar-refractivity contribution < 1.29 is 32.6 Å². The van der Waals surface area contributed by atoms with Crippen molar-refractivity contribution in [1.82, 2.24) is 9.97 Å². The molecule has 1 aromatic heterocycles. The number of rotatable bonds is 5. The van der Waals surface area contributed by atoms with Gasteiger partial charge in [-0.1, -0.05) is 0 Å². The normalized spacial score (nSPS) is 21.2. The number of phosphoric ester groups is 1.